The maximum atomic E-state index is 13.0. The molecule has 5 heteroatoms. The van der Waals surface area contributed by atoms with E-state index in [1.165, 1.54) is 0 Å². The number of carbonyl (C=O) groups excluding carboxylic acids is 1. The van der Waals surface area contributed by atoms with Gasteiger partial charge in [0.1, 0.15) is 30.2 Å². The van der Waals surface area contributed by atoms with E-state index in [0.29, 0.717) is 13.2 Å². The molecule has 1 amide bonds. The van der Waals surface area contributed by atoms with Crippen LogP contribution in [0.3, 0.4) is 0 Å². The van der Waals surface area contributed by atoms with Crippen molar-refractivity contribution in [2.24, 2.45) is 0 Å². The van der Waals surface area contributed by atoms with E-state index in [4.69, 9.17) is 14.2 Å². The molecule has 2 atom stereocenters. The van der Waals surface area contributed by atoms with Crippen LogP contribution >= 0.6 is 0 Å². The van der Waals surface area contributed by atoms with Gasteiger partial charge in [0.05, 0.1) is 12.2 Å². The van der Waals surface area contributed by atoms with Gasteiger partial charge in [0.15, 0.2) is 0 Å². The molecule has 0 N–H and O–H groups in total. The van der Waals surface area contributed by atoms with Crippen molar-refractivity contribution in [3.8, 4) is 5.75 Å². The van der Waals surface area contributed by atoms with E-state index in [1.807, 2.05) is 69.3 Å². The molecule has 2 aliphatic rings. The molecule has 3 aromatic rings. The number of anilines is 1. The molecule has 0 radical (unpaired) electrons. The van der Waals surface area contributed by atoms with E-state index in [-0.39, 0.29) is 18.3 Å². The van der Waals surface area contributed by atoms with Gasteiger partial charge < -0.3 is 14.2 Å². The van der Waals surface area contributed by atoms with E-state index >= 15 is 0 Å². The second kappa shape index (κ2) is 7.03. The summed E-state index contributed by atoms with van der Waals surface area (Å²) in [5.41, 5.74) is 2.38. The Morgan fingerprint density at radius 1 is 1.07 bits per heavy atom. The molecule has 30 heavy (non-hydrogen) atoms. The number of rotatable bonds is 3. The Bertz CT molecular complexity index is 1100. The average Bonchev–Trinajstić information content (AvgIpc) is 3.50. The van der Waals surface area contributed by atoms with Gasteiger partial charge in [-0.25, -0.2) is 4.79 Å². The van der Waals surface area contributed by atoms with Crippen molar-refractivity contribution in [2.75, 3.05) is 11.4 Å². The zero-order valence-electron chi connectivity index (χ0n) is 17.4. The number of ether oxygens (including phenoxy) is 3. The van der Waals surface area contributed by atoms with Crippen molar-refractivity contribution in [3.05, 3.63) is 71.8 Å². The molecule has 3 aromatic carbocycles. The second-order valence-electron chi connectivity index (χ2n) is 8.81. The lowest BCUT2D eigenvalue weighted by Gasteiger charge is -2.31. The van der Waals surface area contributed by atoms with Crippen LogP contribution in [0.2, 0.25) is 0 Å². The highest BCUT2D eigenvalue weighted by molar-refractivity contribution is 6.01. The van der Waals surface area contributed by atoms with Crippen molar-refractivity contribution < 1.29 is 19.0 Å². The first-order chi connectivity index (χ1) is 14.4. The van der Waals surface area contributed by atoms with Gasteiger partial charge >= 0.3 is 6.09 Å². The number of benzene rings is 3. The molecule has 2 heterocycles. The third-order valence-corrected chi connectivity index (χ3v) is 5.40. The maximum Gasteiger partial charge on any atom is 0.414 e. The molecule has 0 bridgehead atoms. The fraction of sp³-hybridized carbons (Fsp3) is 0.320. The number of fused-ring (bicyclic) bond motifs is 5. The predicted molar refractivity (Wildman–Crippen MR) is 116 cm³/mol. The minimum Gasteiger partial charge on any atom is -0.488 e. The number of epoxide rings is 1. The molecule has 0 aliphatic carbocycles. The average molecular weight is 403 g/mol. The monoisotopic (exact) mass is 403 g/mol. The molecule has 2 aliphatic heterocycles. The standard InChI is InChI=1S/C25H25NO4/c1-25(2,3)30-24(27)26-14-21-23(29-21)22-18-12-8-7-11-17(18)20(13-19(22)26)28-15-16-9-5-4-6-10-16/h4-13,21,23H,14-15H2,1-3H3/t21-,23-/m1/s1. The van der Waals surface area contributed by atoms with E-state index in [9.17, 15) is 4.79 Å². The molecule has 5 rings (SSSR count). The third kappa shape index (κ3) is 3.50. The van der Waals surface area contributed by atoms with E-state index in [0.717, 1.165) is 33.3 Å². The zero-order chi connectivity index (χ0) is 20.9. The fourth-order valence-corrected chi connectivity index (χ4v) is 4.03. The van der Waals surface area contributed by atoms with Crippen LogP contribution in [0.1, 0.15) is 38.0 Å². The number of nitrogens with zero attached hydrogens (tertiary/aromatic N) is 1. The van der Waals surface area contributed by atoms with Crippen LogP contribution in [0.15, 0.2) is 60.7 Å². The Labute approximate surface area is 176 Å². The summed E-state index contributed by atoms with van der Waals surface area (Å²) in [4.78, 5) is 14.7. The van der Waals surface area contributed by atoms with Crippen LogP contribution < -0.4 is 9.64 Å². The molecule has 5 nitrogen and oxygen atoms in total. The van der Waals surface area contributed by atoms with Crippen LogP contribution in [0, 0.1) is 0 Å². The minimum absolute atomic E-state index is 0.0181. The van der Waals surface area contributed by atoms with Crippen LogP contribution in [0.4, 0.5) is 10.5 Å². The van der Waals surface area contributed by atoms with Crippen LogP contribution in [-0.4, -0.2) is 24.3 Å². The van der Waals surface area contributed by atoms with Gasteiger partial charge in [-0.05, 0) is 31.7 Å². The Kier molecular flexibility index (Phi) is 4.44. The highest BCUT2D eigenvalue weighted by atomic mass is 16.6. The molecule has 154 valence electrons. The Morgan fingerprint density at radius 3 is 2.50 bits per heavy atom. The topological polar surface area (TPSA) is 51.3 Å². The van der Waals surface area contributed by atoms with Gasteiger partial charge in [-0.15, -0.1) is 0 Å². The summed E-state index contributed by atoms with van der Waals surface area (Å²) >= 11 is 0. The SMILES string of the molecule is CC(C)(C)OC(=O)N1C[C@H]2O[C@H]2c2c1cc(OCc1ccccc1)c1ccccc21. The van der Waals surface area contributed by atoms with Crippen molar-refractivity contribution in [1.82, 2.24) is 0 Å². The first-order valence-corrected chi connectivity index (χ1v) is 10.3. The molecule has 0 spiro atoms. The van der Waals surface area contributed by atoms with Gasteiger partial charge in [-0.2, -0.15) is 0 Å². The Balaban J connectivity index is 1.57. The largest absolute Gasteiger partial charge is 0.488 e. The lowest BCUT2D eigenvalue weighted by molar-refractivity contribution is 0.0577. The van der Waals surface area contributed by atoms with E-state index < -0.39 is 5.60 Å². The summed E-state index contributed by atoms with van der Waals surface area (Å²) in [6, 6.07) is 20.2. The zero-order valence-corrected chi connectivity index (χ0v) is 17.4. The maximum absolute atomic E-state index is 13.0. The predicted octanol–water partition coefficient (Wildman–Crippen LogP) is 5.61. The van der Waals surface area contributed by atoms with Gasteiger partial charge in [0.2, 0.25) is 0 Å². The summed E-state index contributed by atoms with van der Waals surface area (Å²) in [5.74, 6) is 0.751. The molecule has 1 fully saturated rings. The fourth-order valence-electron chi connectivity index (χ4n) is 4.03. The summed E-state index contributed by atoms with van der Waals surface area (Å²) in [6.45, 7) is 6.57. The molecule has 0 saturated carbocycles. The number of carbonyl (C=O) groups is 1. The summed E-state index contributed by atoms with van der Waals surface area (Å²) < 4.78 is 17.8. The minimum atomic E-state index is -0.567. The van der Waals surface area contributed by atoms with Gasteiger partial charge in [0, 0.05) is 17.0 Å². The summed E-state index contributed by atoms with van der Waals surface area (Å²) in [5, 5.41) is 2.08. The lowest BCUT2D eigenvalue weighted by Crippen LogP contribution is -2.41. The quantitative estimate of drug-likeness (QED) is 0.533. The van der Waals surface area contributed by atoms with Crippen LogP contribution in [0.5, 0.6) is 5.75 Å². The molecular formula is C25H25NO4. The normalized spacial score (nSPS) is 19.8. The van der Waals surface area contributed by atoms with Crippen LogP contribution in [-0.2, 0) is 16.1 Å². The van der Waals surface area contributed by atoms with Crippen molar-refractivity contribution in [1.29, 1.82) is 0 Å². The van der Waals surface area contributed by atoms with E-state index in [2.05, 4.69) is 12.1 Å². The molecular weight excluding hydrogens is 378 g/mol. The Morgan fingerprint density at radius 2 is 1.77 bits per heavy atom. The van der Waals surface area contributed by atoms with Crippen LogP contribution in [0.25, 0.3) is 10.8 Å². The summed E-state index contributed by atoms with van der Waals surface area (Å²) in [7, 11) is 0. The van der Waals surface area contributed by atoms with Crippen molar-refractivity contribution >= 4 is 22.6 Å². The second-order valence-corrected chi connectivity index (χ2v) is 8.81. The highest BCUT2D eigenvalue weighted by Gasteiger charge is 2.50. The third-order valence-electron chi connectivity index (χ3n) is 5.40. The molecule has 0 aromatic heterocycles. The van der Waals surface area contributed by atoms with Gasteiger partial charge in [-0.3, -0.25) is 4.90 Å². The Hall–Kier alpha value is -3.05. The van der Waals surface area contributed by atoms with Crippen molar-refractivity contribution in [3.63, 3.8) is 0 Å². The van der Waals surface area contributed by atoms with E-state index in [1.54, 1.807) is 4.90 Å². The number of amides is 1. The van der Waals surface area contributed by atoms with Gasteiger partial charge in [0.25, 0.3) is 0 Å². The number of hydrogen-bond donors (Lipinski definition) is 0. The van der Waals surface area contributed by atoms with Crippen molar-refractivity contribution in [2.45, 2.75) is 45.2 Å². The molecule has 1 saturated heterocycles. The van der Waals surface area contributed by atoms with Gasteiger partial charge in [-0.1, -0.05) is 54.6 Å². The smallest absolute Gasteiger partial charge is 0.414 e. The number of hydrogen-bond acceptors (Lipinski definition) is 4. The summed E-state index contributed by atoms with van der Waals surface area (Å²) in [6.07, 6.45) is -0.321. The lowest BCUT2D eigenvalue weighted by atomic mass is 9.94. The highest BCUT2D eigenvalue weighted by Crippen LogP contribution is 2.52. The molecule has 0 unspecified atom stereocenters. The first-order valence-electron chi connectivity index (χ1n) is 10.3. The first kappa shape index (κ1) is 18.9.